The highest BCUT2D eigenvalue weighted by atomic mass is 16.5. The van der Waals surface area contributed by atoms with Gasteiger partial charge >= 0.3 is 5.97 Å². The van der Waals surface area contributed by atoms with E-state index in [1.54, 1.807) is 11.8 Å². The van der Waals surface area contributed by atoms with Crippen molar-refractivity contribution in [2.45, 2.75) is 38.6 Å². The molecule has 23 heavy (non-hydrogen) atoms. The minimum absolute atomic E-state index is 0.0658. The average molecular weight is 315 g/mol. The quantitative estimate of drug-likeness (QED) is 0.812. The standard InChI is InChI=1S/C18H21NO4/c1-2-22-17(20)11-13-7-5-6-10-19(13)18(21)15-12-23-16-9-4-3-8-14(15)16/h3-4,8-9,12-13H,2,5-7,10-11H2,1H3/t13-/m1/s1. The van der Waals surface area contributed by atoms with Crippen molar-refractivity contribution in [1.29, 1.82) is 0 Å². The molecule has 0 N–H and O–H groups in total. The maximum atomic E-state index is 12.9. The molecular weight excluding hydrogens is 294 g/mol. The molecule has 5 nitrogen and oxygen atoms in total. The summed E-state index contributed by atoms with van der Waals surface area (Å²) < 4.78 is 10.5. The normalized spacial score (nSPS) is 18.1. The molecular formula is C18H21NO4. The molecule has 5 heteroatoms. The fourth-order valence-corrected chi connectivity index (χ4v) is 3.19. The van der Waals surface area contributed by atoms with Crippen molar-refractivity contribution in [3.8, 4) is 0 Å². The van der Waals surface area contributed by atoms with E-state index in [0.717, 1.165) is 24.6 Å². The number of para-hydroxylation sites is 1. The maximum absolute atomic E-state index is 12.9. The smallest absolute Gasteiger partial charge is 0.307 e. The molecule has 1 aromatic carbocycles. The number of rotatable bonds is 4. The summed E-state index contributed by atoms with van der Waals surface area (Å²) in [6, 6.07) is 7.41. The summed E-state index contributed by atoms with van der Waals surface area (Å²) in [7, 11) is 0. The third-order valence-corrected chi connectivity index (χ3v) is 4.31. The van der Waals surface area contributed by atoms with Crippen molar-refractivity contribution >= 4 is 22.8 Å². The second-order valence-electron chi connectivity index (χ2n) is 5.80. The summed E-state index contributed by atoms with van der Waals surface area (Å²) in [6.07, 6.45) is 4.60. The van der Waals surface area contributed by atoms with Crippen LogP contribution in [0.3, 0.4) is 0 Å². The van der Waals surface area contributed by atoms with Gasteiger partial charge in [0.1, 0.15) is 11.8 Å². The molecule has 1 saturated heterocycles. The summed E-state index contributed by atoms with van der Waals surface area (Å²) in [4.78, 5) is 26.5. The molecule has 0 radical (unpaired) electrons. The molecule has 1 aromatic heterocycles. The number of furan rings is 1. The molecule has 122 valence electrons. The van der Waals surface area contributed by atoms with Crippen molar-refractivity contribution in [2.24, 2.45) is 0 Å². The van der Waals surface area contributed by atoms with Gasteiger partial charge in [0.15, 0.2) is 0 Å². The predicted molar refractivity (Wildman–Crippen MR) is 86.1 cm³/mol. The fraction of sp³-hybridized carbons (Fsp3) is 0.444. The van der Waals surface area contributed by atoms with E-state index in [2.05, 4.69) is 0 Å². The van der Waals surface area contributed by atoms with E-state index in [-0.39, 0.29) is 24.3 Å². The van der Waals surface area contributed by atoms with E-state index in [9.17, 15) is 9.59 Å². The van der Waals surface area contributed by atoms with Gasteiger partial charge in [-0.25, -0.2) is 0 Å². The van der Waals surface area contributed by atoms with E-state index in [1.807, 2.05) is 24.3 Å². The van der Waals surface area contributed by atoms with Crippen molar-refractivity contribution in [3.63, 3.8) is 0 Å². The number of nitrogens with zero attached hydrogens (tertiary/aromatic N) is 1. The molecule has 1 fully saturated rings. The lowest BCUT2D eigenvalue weighted by Gasteiger charge is -2.35. The van der Waals surface area contributed by atoms with Gasteiger partial charge in [0, 0.05) is 18.0 Å². The van der Waals surface area contributed by atoms with E-state index >= 15 is 0 Å². The number of carbonyl (C=O) groups is 2. The highest BCUT2D eigenvalue weighted by Gasteiger charge is 2.31. The van der Waals surface area contributed by atoms with E-state index < -0.39 is 0 Å². The SMILES string of the molecule is CCOC(=O)C[C@H]1CCCCN1C(=O)c1coc2ccccc12. The maximum Gasteiger partial charge on any atom is 0.307 e. The highest BCUT2D eigenvalue weighted by molar-refractivity contribution is 6.06. The zero-order chi connectivity index (χ0) is 16.2. The Balaban J connectivity index is 1.82. The Hall–Kier alpha value is -2.30. The number of piperidine rings is 1. The van der Waals surface area contributed by atoms with Gasteiger partial charge in [-0.2, -0.15) is 0 Å². The number of esters is 1. The average Bonchev–Trinajstić information content (AvgIpc) is 2.99. The third-order valence-electron chi connectivity index (χ3n) is 4.31. The number of amides is 1. The van der Waals surface area contributed by atoms with Crippen molar-refractivity contribution in [1.82, 2.24) is 4.90 Å². The molecule has 1 amide bonds. The number of ether oxygens (including phenoxy) is 1. The zero-order valence-corrected chi connectivity index (χ0v) is 13.3. The highest BCUT2D eigenvalue weighted by Crippen LogP contribution is 2.27. The van der Waals surface area contributed by atoms with Gasteiger partial charge in [0.2, 0.25) is 0 Å². The van der Waals surface area contributed by atoms with Gasteiger partial charge in [-0.1, -0.05) is 18.2 Å². The monoisotopic (exact) mass is 315 g/mol. The molecule has 1 aliphatic heterocycles. The summed E-state index contributed by atoms with van der Waals surface area (Å²) in [6.45, 7) is 2.83. The van der Waals surface area contributed by atoms with Crippen LogP contribution in [0.4, 0.5) is 0 Å². The molecule has 1 aliphatic rings. The topological polar surface area (TPSA) is 59.8 Å². The predicted octanol–water partition coefficient (Wildman–Crippen LogP) is 3.38. The van der Waals surface area contributed by atoms with Crippen LogP contribution in [-0.4, -0.2) is 36.0 Å². The molecule has 2 heterocycles. The minimum Gasteiger partial charge on any atom is -0.466 e. The van der Waals surface area contributed by atoms with Crippen LogP contribution in [0.2, 0.25) is 0 Å². The summed E-state index contributed by atoms with van der Waals surface area (Å²) in [5.41, 5.74) is 1.27. The Morgan fingerprint density at radius 2 is 2.13 bits per heavy atom. The van der Waals surface area contributed by atoms with Gasteiger partial charge in [-0.15, -0.1) is 0 Å². The molecule has 0 aliphatic carbocycles. The summed E-state index contributed by atoms with van der Waals surface area (Å²) >= 11 is 0. The number of benzene rings is 1. The van der Waals surface area contributed by atoms with E-state index in [0.29, 0.717) is 24.3 Å². The van der Waals surface area contributed by atoms with Gasteiger partial charge < -0.3 is 14.1 Å². The molecule has 0 saturated carbocycles. The van der Waals surface area contributed by atoms with Gasteiger partial charge in [-0.05, 0) is 32.3 Å². The van der Waals surface area contributed by atoms with Crippen LogP contribution >= 0.6 is 0 Å². The number of likely N-dealkylation sites (tertiary alicyclic amines) is 1. The van der Waals surface area contributed by atoms with Crippen LogP contribution in [0, 0.1) is 0 Å². The van der Waals surface area contributed by atoms with Crippen LogP contribution in [0.1, 0.15) is 43.0 Å². The Bertz CT molecular complexity index is 706. The first kappa shape index (κ1) is 15.6. The largest absolute Gasteiger partial charge is 0.466 e. The number of fused-ring (bicyclic) bond motifs is 1. The van der Waals surface area contributed by atoms with Crippen LogP contribution in [0.15, 0.2) is 34.9 Å². The number of hydrogen-bond donors (Lipinski definition) is 0. The van der Waals surface area contributed by atoms with Gasteiger partial charge in [0.25, 0.3) is 5.91 Å². The van der Waals surface area contributed by atoms with Crippen LogP contribution in [0.25, 0.3) is 11.0 Å². The Morgan fingerprint density at radius 3 is 2.96 bits per heavy atom. The first-order chi connectivity index (χ1) is 11.2. The third kappa shape index (κ3) is 3.23. The van der Waals surface area contributed by atoms with Gasteiger partial charge in [-0.3, -0.25) is 9.59 Å². The second-order valence-corrected chi connectivity index (χ2v) is 5.80. The van der Waals surface area contributed by atoms with Crippen LogP contribution in [-0.2, 0) is 9.53 Å². The Morgan fingerprint density at radius 1 is 1.30 bits per heavy atom. The minimum atomic E-state index is -0.241. The molecule has 0 spiro atoms. The van der Waals surface area contributed by atoms with Crippen molar-refractivity contribution in [3.05, 3.63) is 36.1 Å². The van der Waals surface area contributed by atoms with Crippen LogP contribution in [0.5, 0.6) is 0 Å². The molecule has 3 rings (SSSR count). The molecule has 0 bridgehead atoms. The van der Waals surface area contributed by atoms with Crippen molar-refractivity contribution < 1.29 is 18.7 Å². The first-order valence-corrected chi connectivity index (χ1v) is 8.13. The fourth-order valence-electron chi connectivity index (χ4n) is 3.19. The number of carbonyl (C=O) groups excluding carboxylic acids is 2. The lowest BCUT2D eigenvalue weighted by molar-refractivity contribution is -0.144. The van der Waals surface area contributed by atoms with E-state index in [4.69, 9.17) is 9.15 Å². The van der Waals surface area contributed by atoms with Crippen LogP contribution < -0.4 is 0 Å². The van der Waals surface area contributed by atoms with Gasteiger partial charge in [0.05, 0.1) is 18.6 Å². The summed E-state index contributed by atoms with van der Waals surface area (Å²) in [5.74, 6) is -0.307. The first-order valence-electron chi connectivity index (χ1n) is 8.13. The zero-order valence-electron chi connectivity index (χ0n) is 13.3. The lowest BCUT2D eigenvalue weighted by atomic mass is 9.98. The van der Waals surface area contributed by atoms with Crippen molar-refractivity contribution in [2.75, 3.05) is 13.2 Å². The number of hydrogen-bond acceptors (Lipinski definition) is 4. The second kappa shape index (κ2) is 6.86. The van der Waals surface area contributed by atoms with E-state index in [1.165, 1.54) is 6.26 Å². The summed E-state index contributed by atoms with van der Waals surface area (Å²) in [5, 5.41) is 0.818. The molecule has 1 atom stereocenters. The Kier molecular flexibility index (Phi) is 4.65. The lowest BCUT2D eigenvalue weighted by Crippen LogP contribution is -2.44. The molecule has 2 aromatic rings. The molecule has 0 unspecified atom stereocenters. The Labute approximate surface area is 135 Å².